The second-order valence-electron chi connectivity index (χ2n) is 4.48. The summed E-state index contributed by atoms with van der Waals surface area (Å²) in [5.41, 5.74) is 0.0724. The molecule has 0 radical (unpaired) electrons. The average Bonchev–Trinajstić information content (AvgIpc) is 2.51. The number of hydrogen-bond acceptors (Lipinski definition) is 4. The zero-order valence-corrected chi connectivity index (χ0v) is 11.1. The minimum Gasteiger partial charge on any atom is -0.502 e. The molecule has 4 nitrogen and oxygen atoms in total. The van der Waals surface area contributed by atoms with Gasteiger partial charge in [0.2, 0.25) is 11.2 Å². The van der Waals surface area contributed by atoms with E-state index >= 15 is 0 Å². The molecule has 0 atom stereocenters. The minimum absolute atomic E-state index is 0.00441. The van der Waals surface area contributed by atoms with Gasteiger partial charge in [0.15, 0.2) is 5.76 Å². The monoisotopic (exact) mass is 286 g/mol. The molecule has 1 heterocycles. The van der Waals surface area contributed by atoms with Crippen molar-refractivity contribution < 1.29 is 18.7 Å². The lowest BCUT2D eigenvalue weighted by atomic mass is 10.1. The van der Waals surface area contributed by atoms with E-state index in [1.165, 1.54) is 19.2 Å². The summed E-state index contributed by atoms with van der Waals surface area (Å²) in [5.74, 6) is -0.421. The summed E-state index contributed by atoms with van der Waals surface area (Å²) in [6.45, 7) is 0. The first kappa shape index (κ1) is 13.2. The Kier molecular flexibility index (Phi) is 3.10. The molecule has 0 saturated carbocycles. The van der Waals surface area contributed by atoms with Crippen LogP contribution in [0, 0.1) is 5.82 Å². The fourth-order valence-electron chi connectivity index (χ4n) is 2.10. The minimum atomic E-state index is -0.665. The lowest BCUT2D eigenvalue weighted by molar-refractivity contribution is 0.414. The quantitative estimate of drug-likeness (QED) is 0.785. The molecule has 21 heavy (non-hydrogen) atoms. The summed E-state index contributed by atoms with van der Waals surface area (Å²) >= 11 is 0. The molecule has 5 heteroatoms. The molecular weight excluding hydrogens is 275 g/mol. The van der Waals surface area contributed by atoms with Crippen molar-refractivity contribution in [1.82, 2.24) is 0 Å². The number of fused-ring (bicyclic) bond motifs is 1. The lowest BCUT2D eigenvalue weighted by Crippen LogP contribution is -2.03. The van der Waals surface area contributed by atoms with Crippen LogP contribution in [0.1, 0.15) is 0 Å². The number of ether oxygens (including phenoxy) is 1. The Morgan fingerprint density at radius 1 is 1.14 bits per heavy atom. The SMILES string of the molecule is COc1ccc(-c2oc3ccc(F)cc3c(=O)c2O)cc1. The maximum Gasteiger partial charge on any atom is 0.235 e. The fourth-order valence-corrected chi connectivity index (χ4v) is 2.10. The predicted octanol–water partition coefficient (Wildman–Crippen LogP) is 3.31. The number of methoxy groups -OCH3 is 1. The molecule has 0 fully saturated rings. The second-order valence-corrected chi connectivity index (χ2v) is 4.48. The van der Waals surface area contributed by atoms with E-state index in [9.17, 15) is 14.3 Å². The van der Waals surface area contributed by atoms with Crippen LogP contribution in [0.4, 0.5) is 4.39 Å². The Labute approximate surface area is 119 Å². The van der Waals surface area contributed by atoms with E-state index in [2.05, 4.69) is 0 Å². The van der Waals surface area contributed by atoms with E-state index in [1.54, 1.807) is 24.3 Å². The zero-order valence-electron chi connectivity index (χ0n) is 11.1. The van der Waals surface area contributed by atoms with Crippen molar-refractivity contribution in [1.29, 1.82) is 0 Å². The van der Waals surface area contributed by atoms with Crippen LogP contribution in [0.5, 0.6) is 11.5 Å². The van der Waals surface area contributed by atoms with Gasteiger partial charge in [0.25, 0.3) is 0 Å². The van der Waals surface area contributed by atoms with Crippen LogP contribution >= 0.6 is 0 Å². The van der Waals surface area contributed by atoms with Gasteiger partial charge < -0.3 is 14.3 Å². The first-order valence-corrected chi connectivity index (χ1v) is 6.20. The molecule has 0 amide bonds. The van der Waals surface area contributed by atoms with Crippen molar-refractivity contribution in [2.24, 2.45) is 0 Å². The molecule has 0 spiro atoms. The smallest absolute Gasteiger partial charge is 0.235 e. The Morgan fingerprint density at radius 3 is 2.52 bits per heavy atom. The van der Waals surface area contributed by atoms with Crippen LogP contribution in [-0.2, 0) is 0 Å². The van der Waals surface area contributed by atoms with Crippen LogP contribution in [0.3, 0.4) is 0 Å². The number of benzene rings is 2. The van der Waals surface area contributed by atoms with Crippen LogP contribution in [0.25, 0.3) is 22.3 Å². The fraction of sp³-hybridized carbons (Fsp3) is 0.0625. The zero-order chi connectivity index (χ0) is 15.0. The van der Waals surface area contributed by atoms with Crippen LogP contribution < -0.4 is 10.2 Å². The third-order valence-corrected chi connectivity index (χ3v) is 3.18. The molecule has 0 saturated heterocycles. The normalized spacial score (nSPS) is 10.8. The van der Waals surface area contributed by atoms with Gasteiger partial charge in [-0.3, -0.25) is 4.79 Å². The molecule has 0 aliphatic rings. The number of halogens is 1. The van der Waals surface area contributed by atoms with Crippen molar-refractivity contribution in [2.45, 2.75) is 0 Å². The van der Waals surface area contributed by atoms with Gasteiger partial charge in [0.05, 0.1) is 12.5 Å². The molecule has 0 bridgehead atoms. The van der Waals surface area contributed by atoms with E-state index in [-0.39, 0.29) is 16.7 Å². The number of hydrogen-bond donors (Lipinski definition) is 1. The summed E-state index contributed by atoms with van der Waals surface area (Å²) < 4.78 is 23.8. The summed E-state index contributed by atoms with van der Waals surface area (Å²) in [4.78, 5) is 12.1. The van der Waals surface area contributed by atoms with Gasteiger partial charge in [-0.05, 0) is 42.5 Å². The van der Waals surface area contributed by atoms with E-state index in [0.29, 0.717) is 11.3 Å². The van der Waals surface area contributed by atoms with Crippen molar-refractivity contribution in [3.05, 3.63) is 58.5 Å². The molecule has 1 aromatic heterocycles. The summed E-state index contributed by atoms with van der Waals surface area (Å²) in [6.07, 6.45) is 0. The van der Waals surface area contributed by atoms with Crippen LogP contribution in [-0.4, -0.2) is 12.2 Å². The van der Waals surface area contributed by atoms with Crippen molar-refractivity contribution in [3.8, 4) is 22.8 Å². The summed E-state index contributed by atoms with van der Waals surface area (Å²) in [5, 5.41) is 10.0. The molecule has 1 N–H and O–H groups in total. The van der Waals surface area contributed by atoms with Crippen LogP contribution in [0.15, 0.2) is 51.7 Å². The number of aromatic hydroxyl groups is 1. The van der Waals surface area contributed by atoms with E-state index in [0.717, 1.165) is 6.07 Å². The molecule has 106 valence electrons. The largest absolute Gasteiger partial charge is 0.502 e. The van der Waals surface area contributed by atoms with Gasteiger partial charge in [0, 0.05) is 5.56 Å². The Balaban J connectivity index is 2.25. The molecule has 3 rings (SSSR count). The third kappa shape index (κ3) is 2.23. The molecule has 0 unspecified atom stereocenters. The number of rotatable bonds is 2. The first-order valence-electron chi connectivity index (χ1n) is 6.20. The highest BCUT2D eigenvalue weighted by Gasteiger charge is 2.15. The molecule has 3 aromatic rings. The lowest BCUT2D eigenvalue weighted by Gasteiger charge is -2.07. The van der Waals surface area contributed by atoms with Crippen LogP contribution in [0.2, 0.25) is 0 Å². The van der Waals surface area contributed by atoms with Gasteiger partial charge in [-0.25, -0.2) is 4.39 Å². The van der Waals surface area contributed by atoms with Crippen molar-refractivity contribution in [3.63, 3.8) is 0 Å². The highest BCUT2D eigenvalue weighted by Crippen LogP contribution is 2.31. The highest BCUT2D eigenvalue weighted by atomic mass is 19.1. The molecule has 0 aliphatic carbocycles. The highest BCUT2D eigenvalue weighted by molar-refractivity contribution is 5.81. The Bertz CT molecular complexity index is 866. The van der Waals surface area contributed by atoms with Crippen molar-refractivity contribution in [2.75, 3.05) is 7.11 Å². The Hall–Kier alpha value is -2.82. The van der Waals surface area contributed by atoms with Gasteiger partial charge >= 0.3 is 0 Å². The molecule has 0 aliphatic heterocycles. The van der Waals surface area contributed by atoms with Gasteiger partial charge in [-0.2, -0.15) is 0 Å². The van der Waals surface area contributed by atoms with Gasteiger partial charge in [0.1, 0.15) is 17.1 Å². The average molecular weight is 286 g/mol. The van der Waals surface area contributed by atoms with Gasteiger partial charge in [-0.1, -0.05) is 0 Å². The maximum atomic E-state index is 13.2. The Morgan fingerprint density at radius 2 is 1.86 bits per heavy atom. The van der Waals surface area contributed by atoms with E-state index in [1.807, 2.05) is 0 Å². The first-order chi connectivity index (χ1) is 10.1. The summed E-state index contributed by atoms with van der Waals surface area (Å²) in [7, 11) is 1.54. The second kappa shape index (κ2) is 4.94. The molecule has 2 aromatic carbocycles. The van der Waals surface area contributed by atoms with E-state index < -0.39 is 17.0 Å². The third-order valence-electron chi connectivity index (χ3n) is 3.18. The predicted molar refractivity (Wildman–Crippen MR) is 76.1 cm³/mol. The maximum absolute atomic E-state index is 13.2. The van der Waals surface area contributed by atoms with E-state index in [4.69, 9.17) is 9.15 Å². The topological polar surface area (TPSA) is 59.7 Å². The standard InChI is InChI=1S/C16H11FO4/c1-20-11-5-2-9(3-6-11)16-15(19)14(18)12-8-10(17)4-7-13(12)21-16/h2-8,19H,1H3. The van der Waals surface area contributed by atoms with Crippen molar-refractivity contribution >= 4 is 11.0 Å². The summed E-state index contributed by atoms with van der Waals surface area (Å²) in [6, 6.07) is 10.3. The molecular formula is C16H11FO4. The van der Waals surface area contributed by atoms with Gasteiger partial charge in [-0.15, -0.1) is 0 Å².